The molecule has 0 N–H and O–H groups in total. The van der Waals surface area contributed by atoms with Crippen LogP contribution >= 0.6 is 0 Å². The Labute approximate surface area is 268 Å². The first-order valence-electron chi connectivity index (χ1n) is 16.4. The molecule has 0 nitrogen and oxygen atoms in total. The average molecular weight is 583 g/mol. The molecule has 0 heterocycles. The third-order valence-electron chi connectivity index (χ3n) is 11.7. The van der Waals surface area contributed by atoms with Gasteiger partial charge in [0.25, 0.3) is 0 Å². The minimum Gasteiger partial charge on any atom is -0.0619 e. The molecule has 8 aromatic carbocycles. The van der Waals surface area contributed by atoms with Gasteiger partial charge in [-0.25, -0.2) is 0 Å². The van der Waals surface area contributed by atoms with Gasteiger partial charge in [-0.05, 0) is 111 Å². The first-order chi connectivity index (χ1) is 22.6. The van der Waals surface area contributed by atoms with Crippen molar-refractivity contribution < 1.29 is 0 Å². The third-order valence-corrected chi connectivity index (χ3v) is 11.7. The van der Waals surface area contributed by atoms with Gasteiger partial charge >= 0.3 is 0 Å². The van der Waals surface area contributed by atoms with Crippen LogP contribution in [0.2, 0.25) is 0 Å². The van der Waals surface area contributed by atoms with E-state index >= 15 is 0 Å². The van der Waals surface area contributed by atoms with E-state index in [-0.39, 0.29) is 10.8 Å². The highest BCUT2D eigenvalue weighted by Crippen LogP contribution is 2.63. The fourth-order valence-corrected chi connectivity index (χ4v) is 9.76. The van der Waals surface area contributed by atoms with Crippen LogP contribution in [-0.2, 0) is 10.8 Å². The lowest BCUT2D eigenvalue weighted by Gasteiger charge is -2.30. The normalized spacial score (nSPS) is 15.5. The maximum Gasteiger partial charge on any atom is 0.0725 e. The zero-order valence-corrected chi connectivity index (χ0v) is 25.9. The molecular formula is C46H30. The molecule has 0 aliphatic heterocycles. The number of hydrogen-bond donors (Lipinski definition) is 0. The molecule has 3 aliphatic rings. The average Bonchev–Trinajstić information content (AvgIpc) is 3.67. The van der Waals surface area contributed by atoms with Crippen LogP contribution < -0.4 is 0 Å². The highest BCUT2D eigenvalue weighted by molar-refractivity contribution is 6.30. The Hall–Kier alpha value is -5.46. The van der Waals surface area contributed by atoms with Crippen LogP contribution in [0.3, 0.4) is 0 Å². The monoisotopic (exact) mass is 582 g/mol. The van der Waals surface area contributed by atoms with Crippen LogP contribution in [0.4, 0.5) is 0 Å². The molecule has 0 saturated carbocycles. The van der Waals surface area contributed by atoms with Crippen molar-refractivity contribution in [2.24, 2.45) is 0 Å². The van der Waals surface area contributed by atoms with Crippen LogP contribution in [0, 0.1) is 0 Å². The summed E-state index contributed by atoms with van der Waals surface area (Å²) in [5.41, 5.74) is 16.2. The minimum absolute atomic E-state index is 0.0136. The van der Waals surface area contributed by atoms with Crippen LogP contribution in [0.25, 0.3) is 65.7 Å². The Morgan fingerprint density at radius 2 is 0.804 bits per heavy atom. The number of hydrogen-bond acceptors (Lipinski definition) is 0. The van der Waals surface area contributed by atoms with Gasteiger partial charge in [-0.2, -0.15) is 0 Å². The Morgan fingerprint density at radius 3 is 1.46 bits per heavy atom. The largest absolute Gasteiger partial charge is 0.0725 e. The van der Waals surface area contributed by atoms with Crippen molar-refractivity contribution in [3.63, 3.8) is 0 Å². The Morgan fingerprint density at radius 1 is 0.326 bits per heavy atom. The Balaban J connectivity index is 1.21. The fraction of sp³-hybridized carbons (Fsp3) is 0.0870. The topological polar surface area (TPSA) is 0 Å². The van der Waals surface area contributed by atoms with Crippen molar-refractivity contribution in [2.45, 2.75) is 24.7 Å². The summed E-state index contributed by atoms with van der Waals surface area (Å²) in [7, 11) is 0. The van der Waals surface area contributed by atoms with Crippen molar-refractivity contribution in [1.29, 1.82) is 0 Å². The van der Waals surface area contributed by atoms with Crippen molar-refractivity contribution in [1.82, 2.24) is 0 Å². The highest BCUT2D eigenvalue weighted by Gasteiger charge is 2.50. The first-order valence-corrected chi connectivity index (χ1v) is 16.4. The summed E-state index contributed by atoms with van der Waals surface area (Å²) in [5.74, 6) is 0. The van der Waals surface area contributed by atoms with E-state index in [1.807, 2.05) is 0 Å². The van der Waals surface area contributed by atoms with Gasteiger partial charge < -0.3 is 0 Å². The molecule has 0 amide bonds. The Bertz CT molecular complexity index is 2620. The Kier molecular flexibility index (Phi) is 4.43. The van der Waals surface area contributed by atoms with Gasteiger partial charge in [0.1, 0.15) is 0 Å². The fourth-order valence-electron chi connectivity index (χ4n) is 9.76. The molecule has 0 aromatic heterocycles. The molecule has 0 heteroatoms. The van der Waals surface area contributed by atoms with Gasteiger partial charge in [0.15, 0.2) is 0 Å². The van der Waals surface area contributed by atoms with Crippen LogP contribution in [-0.4, -0.2) is 0 Å². The lowest BCUT2D eigenvalue weighted by molar-refractivity contribution is 0.660. The van der Waals surface area contributed by atoms with Crippen molar-refractivity contribution in [3.05, 3.63) is 179 Å². The molecule has 0 bridgehead atoms. The number of fused-ring (bicyclic) bond motifs is 13. The van der Waals surface area contributed by atoms with E-state index in [4.69, 9.17) is 0 Å². The van der Waals surface area contributed by atoms with Gasteiger partial charge in [0, 0.05) is 5.41 Å². The zero-order valence-electron chi connectivity index (χ0n) is 25.9. The summed E-state index contributed by atoms with van der Waals surface area (Å²) < 4.78 is 0. The minimum atomic E-state index is -0.311. The van der Waals surface area contributed by atoms with Gasteiger partial charge in [-0.1, -0.05) is 147 Å². The van der Waals surface area contributed by atoms with Gasteiger partial charge in [0.2, 0.25) is 0 Å². The van der Waals surface area contributed by atoms with E-state index in [1.54, 1.807) is 0 Å². The first kappa shape index (κ1) is 24.8. The van der Waals surface area contributed by atoms with Gasteiger partial charge in [-0.15, -0.1) is 0 Å². The summed E-state index contributed by atoms with van der Waals surface area (Å²) in [6, 6.07) is 55.5. The predicted octanol–water partition coefficient (Wildman–Crippen LogP) is 11.8. The molecule has 0 radical (unpaired) electrons. The van der Waals surface area contributed by atoms with E-state index < -0.39 is 0 Å². The van der Waals surface area contributed by atoms with Gasteiger partial charge in [0.05, 0.1) is 5.41 Å². The highest BCUT2D eigenvalue weighted by atomic mass is 14.5. The molecule has 0 saturated heterocycles. The second-order valence-electron chi connectivity index (χ2n) is 14.0. The zero-order chi connectivity index (χ0) is 30.4. The van der Waals surface area contributed by atoms with E-state index in [1.165, 1.54) is 99.1 Å². The lowest BCUT2D eigenvalue weighted by atomic mass is 9.70. The SMILES string of the molecule is CC1(C)c2ccccc2-c2cc(-c3ccc4c(c3)c3cccc5c3c3c(cccc43)C53c4ccccc4-c4ccccc43)ccc21. The maximum absolute atomic E-state index is 2.45. The standard InChI is InChI=1S/C46H30/c1-45(2)37-16-6-3-13-32(37)36-26-28(22-24-38(36)45)27-21-23-29-33-14-9-19-41-43(33)44-34(35(29)25-27)15-10-20-42(44)46(41)39-17-7-4-11-30(39)31-12-5-8-18-40(31)46/h3-26H,1-2H3. The molecule has 8 aromatic rings. The second kappa shape index (κ2) is 8.22. The van der Waals surface area contributed by atoms with Gasteiger partial charge in [-0.3, -0.25) is 0 Å². The molecule has 46 heavy (non-hydrogen) atoms. The van der Waals surface area contributed by atoms with Crippen molar-refractivity contribution >= 4 is 32.3 Å². The van der Waals surface area contributed by atoms with Crippen LogP contribution in [0.5, 0.6) is 0 Å². The maximum atomic E-state index is 2.45. The summed E-state index contributed by atoms with van der Waals surface area (Å²) in [5, 5.41) is 8.18. The molecule has 0 atom stereocenters. The van der Waals surface area contributed by atoms with Crippen molar-refractivity contribution in [3.8, 4) is 33.4 Å². The molecular weight excluding hydrogens is 553 g/mol. The summed E-state index contributed by atoms with van der Waals surface area (Å²) in [6.45, 7) is 4.71. The molecule has 1 spiro atoms. The van der Waals surface area contributed by atoms with E-state index in [0.29, 0.717) is 0 Å². The quantitative estimate of drug-likeness (QED) is 0.169. The van der Waals surface area contributed by atoms with Crippen LogP contribution in [0.15, 0.2) is 146 Å². The van der Waals surface area contributed by atoms with E-state index in [0.717, 1.165) is 0 Å². The molecule has 0 unspecified atom stereocenters. The number of benzene rings is 8. The van der Waals surface area contributed by atoms with Crippen LogP contribution in [0.1, 0.15) is 47.2 Å². The molecule has 0 fully saturated rings. The third kappa shape index (κ3) is 2.71. The lowest BCUT2D eigenvalue weighted by Crippen LogP contribution is -2.25. The molecule has 214 valence electrons. The predicted molar refractivity (Wildman–Crippen MR) is 193 cm³/mol. The summed E-state index contributed by atoms with van der Waals surface area (Å²) >= 11 is 0. The molecule has 11 rings (SSSR count). The molecule has 3 aliphatic carbocycles. The summed E-state index contributed by atoms with van der Waals surface area (Å²) in [6.07, 6.45) is 0. The second-order valence-corrected chi connectivity index (χ2v) is 14.0. The van der Waals surface area contributed by atoms with E-state index in [9.17, 15) is 0 Å². The summed E-state index contributed by atoms with van der Waals surface area (Å²) in [4.78, 5) is 0. The van der Waals surface area contributed by atoms with E-state index in [2.05, 4.69) is 159 Å². The number of rotatable bonds is 1. The smallest absolute Gasteiger partial charge is 0.0619 e. The van der Waals surface area contributed by atoms with Crippen molar-refractivity contribution in [2.75, 3.05) is 0 Å².